The van der Waals surface area contributed by atoms with Crippen molar-refractivity contribution < 1.29 is 9.85 Å². The van der Waals surface area contributed by atoms with Crippen molar-refractivity contribution in [2.24, 2.45) is 0 Å². The van der Waals surface area contributed by atoms with Crippen LogP contribution in [-0.4, -0.2) is 9.85 Å². The van der Waals surface area contributed by atoms with Crippen LogP contribution in [0.5, 0.6) is 0 Å². The van der Waals surface area contributed by atoms with Crippen LogP contribution in [0.2, 0.25) is 0 Å². The summed E-state index contributed by atoms with van der Waals surface area (Å²) < 4.78 is 0. The fraction of sp³-hybridized carbons (Fsp3) is 0.0526. The minimum absolute atomic E-state index is 0.0361. The second-order valence-corrected chi connectivity index (χ2v) is 6.37. The summed E-state index contributed by atoms with van der Waals surface area (Å²) in [6.45, 7) is 1.85. The lowest BCUT2D eigenvalue weighted by molar-refractivity contribution is -0.384. The van der Waals surface area contributed by atoms with E-state index in [0.29, 0.717) is 22.3 Å². The number of rotatable bonds is 4. The predicted molar refractivity (Wildman–Crippen MR) is 105 cm³/mol. The van der Waals surface area contributed by atoms with Crippen LogP contribution in [0.15, 0.2) is 60.7 Å². The van der Waals surface area contributed by atoms with E-state index in [9.17, 15) is 20.2 Å². The average molecular weight is 366 g/mol. The van der Waals surface area contributed by atoms with Gasteiger partial charge in [-0.2, -0.15) is 0 Å². The summed E-state index contributed by atoms with van der Waals surface area (Å²) in [5.41, 5.74) is 2.83. The fourth-order valence-corrected chi connectivity index (χ4v) is 3.24. The van der Waals surface area contributed by atoms with E-state index in [1.165, 1.54) is 12.1 Å². The third-order valence-electron chi connectivity index (χ3n) is 4.27. The van der Waals surface area contributed by atoms with Crippen LogP contribution in [0.3, 0.4) is 0 Å². The highest BCUT2D eigenvalue weighted by Gasteiger charge is 2.24. The Morgan fingerprint density at radius 2 is 1.23 bits per heavy atom. The van der Waals surface area contributed by atoms with Crippen LogP contribution >= 0.6 is 9.24 Å². The number of nitro groups is 2. The maximum Gasteiger partial charge on any atom is 0.277 e. The molecule has 0 amide bonds. The SMILES string of the molecule is Cc1c(P)ccc(-c2ccccc2[N+](=O)[O-])c1-c1ccccc1[N+](=O)[O-]. The Morgan fingerprint density at radius 1 is 0.731 bits per heavy atom. The summed E-state index contributed by atoms with van der Waals surface area (Å²) in [6, 6.07) is 16.5. The van der Waals surface area contributed by atoms with Crippen molar-refractivity contribution in [3.63, 3.8) is 0 Å². The zero-order valence-corrected chi connectivity index (χ0v) is 15.0. The third-order valence-corrected chi connectivity index (χ3v) is 4.89. The van der Waals surface area contributed by atoms with Gasteiger partial charge in [0, 0.05) is 17.7 Å². The van der Waals surface area contributed by atoms with Gasteiger partial charge < -0.3 is 0 Å². The topological polar surface area (TPSA) is 86.3 Å². The molecule has 0 saturated heterocycles. The molecule has 0 aromatic heterocycles. The van der Waals surface area contributed by atoms with Crippen LogP contribution in [0.25, 0.3) is 22.3 Å². The summed E-state index contributed by atoms with van der Waals surface area (Å²) in [5, 5.41) is 23.8. The number of nitro benzene ring substituents is 2. The first-order chi connectivity index (χ1) is 12.4. The number of benzene rings is 3. The van der Waals surface area contributed by atoms with Crippen molar-refractivity contribution in [3.05, 3.63) is 86.5 Å². The van der Waals surface area contributed by atoms with Gasteiger partial charge in [0.1, 0.15) is 0 Å². The Balaban J connectivity index is 2.41. The minimum atomic E-state index is -0.442. The lowest BCUT2D eigenvalue weighted by Gasteiger charge is -2.15. The number of para-hydroxylation sites is 2. The Kier molecular flexibility index (Phi) is 4.78. The Labute approximate surface area is 152 Å². The van der Waals surface area contributed by atoms with Gasteiger partial charge in [0.15, 0.2) is 0 Å². The normalized spacial score (nSPS) is 10.5. The first kappa shape index (κ1) is 17.7. The standard InChI is InChI=1S/C19H15N2O4P/c1-12-18(26)11-10-14(13-6-2-4-8-16(13)20(22)23)19(12)15-7-3-5-9-17(15)21(24)25/h2-11H,26H2,1H3. The smallest absolute Gasteiger partial charge is 0.258 e. The molecular formula is C19H15N2O4P. The number of hydrogen-bond donors (Lipinski definition) is 0. The lowest BCUT2D eigenvalue weighted by Crippen LogP contribution is -2.04. The molecule has 0 fully saturated rings. The molecule has 0 saturated carbocycles. The molecule has 0 aliphatic rings. The van der Waals surface area contributed by atoms with Crippen LogP contribution in [0.4, 0.5) is 11.4 Å². The predicted octanol–water partition coefficient (Wildman–Crippen LogP) is 4.65. The van der Waals surface area contributed by atoms with E-state index in [0.717, 1.165) is 10.9 Å². The largest absolute Gasteiger partial charge is 0.277 e. The second kappa shape index (κ2) is 7.02. The van der Waals surface area contributed by atoms with Gasteiger partial charge in [0.25, 0.3) is 11.4 Å². The molecule has 0 heterocycles. The van der Waals surface area contributed by atoms with Gasteiger partial charge in [-0.1, -0.05) is 36.4 Å². The Bertz CT molecular complexity index is 1030. The molecule has 26 heavy (non-hydrogen) atoms. The molecule has 7 heteroatoms. The molecule has 6 nitrogen and oxygen atoms in total. The van der Waals surface area contributed by atoms with Crippen molar-refractivity contribution in [1.29, 1.82) is 0 Å². The first-order valence-corrected chi connectivity index (χ1v) is 8.36. The van der Waals surface area contributed by atoms with Crippen LogP contribution in [0.1, 0.15) is 5.56 Å². The molecule has 0 spiro atoms. The number of nitrogens with zero attached hydrogens (tertiary/aromatic N) is 2. The lowest BCUT2D eigenvalue weighted by atomic mass is 9.89. The molecule has 3 aromatic rings. The summed E-state index contributed by atoms with van der Waals surface area (Å²) in [5.74, 6) is 0. The van der Waals surface area contributed by atoms with Crippen LogP contribution in [-0.2, 0) is 0 Å². The van der Waals surface area contributed by atoms with E-state index < -0.39 is 9.85 Å². The Morgan fingerprint density at radius 3 is 1.81 bits per heavy atom. The Hall–Kier alpha value is -3.11. The molecule has 130 valence electrons. The monoisotopic (exact) mass is 366 g/mol. The quantitative estimate of drug-likeness (QED) is 0.382. The highest BCUT2D eigenvalue weighted by molar-refractivity contribution is 7.27. The molecule has 1 unspecified atom stereocenters. The summed E-state index contributed by atoms with van der Waals surface area (Å²) in [7, 11) is 2.60. The van der Waals surface area contributed by atoms with Crippen LogP contribution in [0, 0.1) is 27.2 Å². The van der Waals surface area contributed by atoms with E-state index in [1.54, 1.807) is 42.5 Å². The molecule has 0 aliphatic carbocycles. The fourth-order valence-electron chi connectivity index (χ4n) is 3.00. The molecule has 0 N–H and O–H groups in total. The van der Waals surface area contributed by atoms with Gasteiger partial charge >= 0.3 is 0 Å². The van der Waals surface area contributed by atoms with Crippen LogP contribution < -0.4 is 5.30 Å². The van der Waals surface area contributed by atoms with Crippen molar-refractivity contribution in [2.75, 3.05) is 0 Å². The van der Waals surface area contributed by atoms with E-state index in [1.807, 2.05) is 13.0 Å². The molecule has 3 aromatic carbocycles. The zero-order valence-electron chi connectivity index (χ0n) is 13.9. The highest BCUT2D eigenvalue weighted by Crippen LogP contribution is 2.41. The second-order valence-electron chi connectivity index (χ2n) is 5.75. The molecular weight excluding hydrogens is 351 g/mol. The number of hydrogen-bond acceptors (Lipinski definition) is 4. The van der Waals surface area contributed by atoms with E-state index in [-0.39, 0.29) is 11.4 Å². The van der Waals surface area contributed by atoms with Gasteiger partial charge in [-0.15, -0.1) is 9.24 Å². The maximum atomic E-state index is 11.5. The summed E-state index contributed by atoms with van der Waals surface area (Å²) in [4.78, 5) is 22.1. The van der Waals surface area contributed by atoms with Gasteiger partial charge in [-0.25, -0.2) is 0 Å². The van der Waals surface area contributed by atoms with Gasteiger partial charge in [0.05, 0.1) is 21.0 Å². The van der Waals surface area contributed by atoms with Gasteiger partial charge in [0.2, 0.25) is 0 Å². The molecule has 0 aliphatic heterocycles. The molecule has 0 bridgehead atoms. The average Bonchev–Trinajstić information content (AvgIpc) is 2.63. The van der Waals surface area contributed by atoms with E-state index in [2.05, 4.69) is 9.24 Å². The van der Waals surface area contributed by atoms with Crippen molar-refractivity contribution in [1.82, 2.24) is 0 Å². The first-order valence-electron chi connectivity index (χ1n) is 7.78. The summed E-state index contributed by atoms with van der Waals surface area (Å²) in [6.07, 6.45) is 0. The van der Waals surface area contributed by atoms with Crippen molar-refractivity contribution in [3.8, 4) is 22.3 Å². The highest BCUT2D eigenvalue weighted by atomic mass is 31.0. The maximum absolute atomic E-state index is 11.5. The molecule has 0 radical (unpaired) electrons. The molecule has 1 atom stereocenters. The van der Waals surface area contributed by atoms with E-state index >= 15 is 0 Å². The van der Waals surface area contributed by atoms with Crippen molar-refractivity contribution >= 4 is 25.9 Å². The molecule has 3 rings (SSSR count). The summed E-state index contributed by atoms with van der Waals surface area (Å²) >= 11 is 0. The van der Waals surface area contributed by atoms with E-state index in [4.69, 9.17) is 0 Å². The minimum Gasteiger partial charge on any atom is -0.258 e. The van der Waals surface area contributed by atoms with Gasteiger partial charge in [-0.05, 0) is 35.5 Å². The third kappa shape index (κ3) is 3.07. The van der Waals surface area contributed by atoms with Gasteiger partial charge in [-0.3, -0.25) is 20.2 Å². The van der Waals surface area contributed by atoms with Crippen molar-refractivity contribution in [2.45, 2.75) is 6.92 Å². The zero-order chi connectivity index (χ0) is 18.8.